The third-order valence-corrected chi connectivity index (χ3v) is 4.55. The van der Waals surface area contributed by atoms with Gasteiger partial charge in [0, 0.05) is 50.1 Å². The van der Waals surface area contributed by atoms with Crippen LogP contribution in [-0.2, 0) is 19.1 Å². The summed E-state index contributed by atoms with van der Waals surface area (Å²) in [7, 11) is 1.34. The summed E-state index contributed by atoms with van der Waals surface area (Å²) in [6.07, 6.45) is 0. The van der Waals surface area contributed by atoms with Gasteiger partial charge in [0.1, 0.15) is 11.6 Å². The third kappa shape index (κ3) is 5.83. The zero-order chi connectivity index (χ0) is 23.6. The molecule has 0 fully saturated rings. The Kier molecular flexibility index (Phi) is 8.11. The first kappa shape index (κ1) is 26.2. The van der Waals surface area contributed by atoms with Gasteiger partial charge >= 0.3 is 11.8 Å². The molecule has 2 amide bonds. The van der Waals surface area contributed by atoms with Crippen LogP contribution in [0.5, 0.6) is 5.75 Å². The van der Waals surface area contributed by atoms with Crippen molar-refractivity contribution in [2.75, 3.05) is 0 Å². The third-order valence-electron chi connectivity index (χ3n) is 4.55. The number of hydrogen-bond acceptors (Lipinski definition) is 8. The van der Waals surface area contributed by atoms with Gasteiger partial charge in [-0.05, 0) is 31.5 Å². The summed E-state index contributed by atoms with van der Waals surface area (Å²) in [6, 6.07) is 5.44. The van der Waals surface area contributed by atoms with Gasteiger partial charge in [-0.25, -0.2) is 9.37 Å². The molecule has 3 aromatic rings. The number of aryl methyl sites for hydroxylation is 1. The molecule has 33 heavy (non-hydrogen) atoms. The zero-order valence-corrected chi connectivity index (χ0v) is 20.8. The predicted molar refractivity (Wildman–Crippen MR) is 114 cm³/mol. The number of carbonyl (C=O) groups excluding carboxylic acids is 2. The molecule has 169 valence electrons. The normalized spacial score (nSPS) is 10.9. The van der Waals surface area contributed by atoms with Gasteiger partial charge in [-0.3, -0.25) is 19.0 Å². The molecule has 0 saturated carbocycles. The minimum atomic E-state index is -1.27. The number of benzene rings is 1. The Labute approximate surface area is 209 Å². The Bertz CT molecular complexity index is 1240. The molecule has 1 aromatic carbocycles. The first-order valence-corrected chi connectivity index (χ1v) is 9.45. The Morgan fingerprint density at radius 2 is 1.82 bits per heavy atom. The van der Waals surface area contributed by atoms with Crippen LogP contribution in [0.15, 0.2) is 33.5 Å². The van der Waals surface area contributed by atoms with Gasteiger partial charge in [0.05, 0.1) is 5.54 Å². The van der Waals surface area contributed by atoms with E-state index in [9.17, 15) is 23.9 Å². The number of aromatic hydroxyl groups is 1. The van der Waals surface area contributed by atoms with E-state index < -0.39 is 40.2 Å². The largest absolute Gasteiger partial charge is 0.501 e. The molecule has 0 spiro atoms. The molecule has 0 aliphatic heterocycles. The van der Waals surface area contributed by atoms with Crippen molar-refractivity contribution in [1.29, 1.82) is 0 Å². The van der Waals surface area contributed by atoms with E-state index in [1.165, 1.54) is 38.2 Å². The van der Waals surface area contributed by atoms with E-state index in [4.69, 9.17) is 4.42 Å². The van der Waals surface area contributed by atoms with Gasteiger partial charge in [0.25, 0.3) is 11.5 Å². The molecule has 0 atom stereocenters. The smallest absolute Gasteiger partial charge is 0.309 e. The van der Waals surface area contributed by atoms with Crippen molar-refractivity contribution in [2.24, 2.45) is 7.05 Å². The monoisotopic (exact) mass is 467 g/mol. The van der Waals surface area contributed by atoms with Crippen LogP contribution in [0, 0.1) is 12.7 Å². The number of nitrogens with one attached hydrogen (secondary N) is 2. The van der Waals surface area contributed by atoms with Crippen molar-refractivity contribution in [2.45, 2.75) is 32.9 Å². The molecular formula is C20H21FN6NaO5. The minimum Gasteiger partial charge on any atom is -0.501 e. The molecule has 3 N–H and O–H groups in total. The van der Waals surface area contributed by atoms with Crippen LogP contribution in [0.4, 0.5) is 4.39 Å². The Hall–Kier alpha value is -3.09. The molecule has 0 unspecified atom stereocenters. The summed E-state index contributed by atoms with van der Waals surface area (Å²) in [6.45, 7) is 4.64. The Morgan fingerprint density at radius 3 is 2.39 bits per heavy atom. The number of rotatable bonds is 6. The van der Waals surface area contributed by atoms with Crippen LogP contribution < -0.4 is 16.2 Å². The molecule has 1 radical (unpaired) electrons. The molecule has 0 bridgehead atoms. The van der Waals surface area contributed by atoms with E-state index in [0.717, 1.165) is 4.57 Å². The first-order valence-electron chi connectivity index (χ1n) is 9.45. The molecule has 3 rings (SSSR count). The summed E-state index contributed by atoms with van der Waals surface area (Å²) in [5, 5.41) is 22.6. The molecular weight excluding hydrogens is 446 g/mol. The molecule has 0 saturated heterocycles. The maximum Gasteiger partial charge on any atom is 0.309 e. The van der Waals surface area contributed by atoms with Crippen molar-refractivity contribution in [3.05, 3.63) is 69.3 Å². The SMILES string of the molecule is Cc1nnc(C(=O)NC(C)(C)c2nc(C(=O)NCc3ccc(F)cc3)c(O)c(=O)n2C)o1.[Na]. The Balaban J connectivity index is 0.00000385. The van der Waals surface area contributed by atoms with E-state index in [0.29, 0.717) is 5.56 Å². The van der Waals surface area contributed by atoms with Crippen molar-refractivity contribution >= 4 is 41.4 Å². The fourth-order valence-corrected chi connectivity index (χ4v) is 2.96. The van der Waals surface area contributed by atoms with Crippen LogP contribution in [0.2, 0.25) is 0 Å². The molecule has 0 aliphatic carbocycles. The maximum atomic E-state index is 13.0. The average Bonchev–Trinajstić information content (AvgIpc) is 3.17. The number of amides is 2. The van der Waals surface area contributed by atoms with Gasteiger partial charge < -0.3 is 20.2 Å². The van der Waals surface area contributed by atoms with Gasteiger partial charge in [-0.1, -0.05) is 12.1 Å². The van der Waals surface area contributed by atoms with E-state index in [2.05, 4.69) is 25.8 Å². The fourth-order valence-electron chi connectivity index (χ4n) is 2.96. The summed E-state index contributed by atoms with van der Waals surface area (Å²) in [5.74, 6) is -2.88. The maximum absolute atomic E-state index is 13.0. The van der Waals surface area contributed by atoms with Crippen molar-refractivity contribution in [3.8, 4) is 5.75 Å². The quantitative estimate of drug-likeness (QED) is 0.444. The number of aromatic nitrogens is 4. The van der Waals surface area contributed by atoms with Crippen LogP contribution in [0.25, 0.3) is 0 Å². The molecule has 0 aliphatic rings. The van der Waals surface area contributed by atoms with Gasteiger partial charge in [-0.15, -0.1) is 10.2 Å². The van der Waals surface area contributed by atoms with Crippen LogP contribution in [0.3, 0.4) is 0 Å². The van der Waals surface area contributed by atoms with E-state index in [1.807, 2.05) is 0 Å². The van der Waals surface area contributed by atoms with Crippen LogP contribution in [-0.4, -0.2) is 66.2 Å². The average molecular weight is 467 g/mol. The number of hydrogen-bond donors (Lipinski definition) is 3. The van der Waals surface area contributed by atoms with Gasteiger partial charge in [-0.2, -0.15) is 0 Å². The van der Waals surface area contributed by atoms with E-state index >= 15 is 0 Å². The second-order valence-corrected chi connectivity index (χ2v) is 7.51. The standard InChI is InChI=1S/C20H21FN6O5.Na/c1-10-25-26-17(32-10)16(30)24-20(2,3)19-23-13(14(28)18(31)27(19)4)15(29)22-9-11-5-7-12(21)8-6-11;/h5-8,28H,9H2,1-4H3,(H,22,29)(H,24,30);. The van der Waals surface area contributed by atoms with Gasteiger partial charge in [0.2, 0.25) is 11.6 Å². The summed E-state index contributed by atoms with van der Waals surface area (Å²) in [5.41, 5.74) is -2.06. The molecule has 2 heterocycles. The van der Waals surface area contributed by atoms with E-state index in [-0.39, 0.29) is 53.7 Å². The van der Waals surface area contributed by atoms with Gasteiger partial charge in [0.15, 0.2) is 5.69 Å². The molecule has 2 aromatic heterocycles. The second-order valence-electron chi connectivity index (χ2n) is 7.51. The summed E-state index contributed by atoms with van der Waals surface area (Å²) < 4.78 is 19.1. The van der Waals surface area contributed by atoms with Crippen molar-refractivity contribution < 1.29 is 23.5 Å². The summed E-state index contributed by atoms with van der Waals surface area (Å²) in [4.78, 5) is 41.7. The number of nitrogens with zero attached hydrogens (tertiary/aromatic N) is 4. The first-order chi connectivity index (χ1) is 15.0. The fraction of sp³-hybridized carbons (Fsp3) is 0.300. The predicted octanol–water partition coefficient (Wildman–Crippen LogP) is 0.531. The summed E-state index contributed by atoms with van der Waals surface area (Å²) >= 11 is 0. The topological polar surface area (TPSA) is 152 Å². The number of halogens is 1. The zero-order valence-electron chi connectivity index (χ0n) is 18.8. The van der Waals surface area contributed by atoms with Crippen LogP contribution in [0.1, 0.15) is 52.3 Å². The minimum absolute atomic E-state index is 0. The second kappa shape index (κ2) is 10.2. The van der Waals surface area contributed by atoms with Crippen molar-refractivity contribution in [1.82, 2.24) is 30.4 Å². The van der Waals surface area contributed by atoms with E-state index in [1.54, 1.807) is 13.8 Å². The number of carbonyl (C=O) groups is 2. The Morgan fingerprint density at radius 1 is 1.18 bits per heavy atom. The molecule has 11 nitrogen and oxygen atoms in total. The van der Waals surface area contributed by atoms with Crippen molar-refractivity contribution in [3.63, 3.8) is 0 Å². The van der Waals surface area contributed by atoms with Crippen LogP contribution >= 0.6 is 0 Å². The molecule has 13 heteroatoms.